The second kappa shape index (κ2) is 11.8. The molecule has 0 radical (unpaired) electrons. The van der Waals surface area contributed by atoms with Crippen molar-refractivity contribution in [3.05, 3.63) is 115 Å². The topological polar surface area (TPSA) is 70.2 Å². The molecule has 0 fully saturated rings. The fourth-order valence-electron chi connectivity index (χ4n) is 4.75. The lowest BCUT2D eigenvalue weighted by molar-refractivity contribution is -0.112. The summed E-state index contributed by atoms with van der Waals surface area (Å²) < 4.78 is 7.22. The second-order valence-electron chi connectivity index (χ2n) is 9.50. The lowest BCUT2D eigenvalue weighted by atomic mass is 10.0. The Morgan fingerprint density at radius 1 is 0.897 bits per heavy atom. The van der Waals surface area contributed by atoms with E-state index >= 15 is 0 Å². The molecule has 0 atom stereocenters. The minimum atomic E-state index is -0.671. The van der Waals surface area contributed by atoms with Gasteiger partial charge >= 0.3 is 0 Å². The number of Topliss-reactive ketones (excluding diaryl/α,β-unsaturated/α-hetero) is 1. The van der Waals surface area contributed by atoms with E-state index < -0.39 is 11.7 Å². The van der Waals surface area contributed by atoms with E-state index in [1.807, 2.05) is 97.2 Å². The average molecular weight is 521 g/mol. The highest BCUT2D eigenvalue weighted by Gasteiger charge is 2.25. The number of carbonyl (C=O) groups excluding carboxylic acids is 2. The van der Waals surface area contributed by atoms with Gasteiger partial charge in [-0.15, -0.1) is 0 Å². The number of fused-ring (bicyclic) bond motifs is 1. The Kier molecular flexibility index (Phi) is 7.89. The zero-order valence-corrected chi connectivity index (χ0v) is 22.2. The molecule has 0 saturated heterocycles. The van der Waals surface area contributed by atoms with E-state index in [-0.39, 0.29) is 0 Å². The molecular formula is C32H32N4O3. The molecule has 0 aliphatic rings. The largest absolute Gasteiger partial charge is 0.468 e. The maximum atomic E-state index is 13.5. The summed E-state index contributed by atoms with van der Waals surface area (Å²) in [7, 11) is 2.07. The predicted octanol–water partition coefficient (Wildman–Crippen LogP) is 5.98. The number of hydrogen-bond donors (Lipinski definition) is 1. The minimum Gasteiger partial charge on any atom is -0.468 e. The molecule has 5 aromatic rings. The molecule has 3 aromatic heterocycles. The number of pyridine rings is 1. The number of likely N-dealkylation sites (N-methyl/N-ethyl adjacent to an activating group) is 2. The van der Waals surface area contributed by atoms with Gasteiger partial charge in [0, 0.05) is 48.3 Å². The van der Waals surface area contributed by atoms with Gasteiger partial charge in [0.1, 0.15) is 11.5 Å². The lowest BCUT2D eigenvalue weighted by Crippen LogP contribution is -2.33. The molecular weight excluding hydrogens is 488 g/mol. The number of nitrogens with zero attached hydrogens (tertiary/aromatic N) is 3. The van der Waals surface area contributed by atoms with Crippen molar-refractivity contribution in [1.29, 1.82) is 0 Å². The Morgan fingerprint density at radius 2 is 1.67 bits per heavy atom. The summed E-state index contributed by atoms with van der Waals surface area (Å²) in [5, 5.41) is 2.79. The van der Waals surface area contributed by atoms with Crippen LogP contribution in [0.3, 0.4) is 0 Å². The van der Waals surface area contributed by atoms with Crippen molar-refractivity contribution < 1.29 is 14.0 Å². The van der Waals surface area contributed by atoms with Crippen LogP contribution in [0.25, 0.3) is 16.6 Å². The van der Waals surface area contributed by atoms with Crippen molar-refractivity contribution in [2.75, 3.05) is 36.9 Å². The van der Waals surface area contributed by atoms with Crippen LogP contribution in [0.4, 0.5) is 11.4 Å². The normalized spacial score (nSPS) is 11.2. The molecule has 1 amide bonds. The monoisotopic (exact) mass is 520 g/mol. The summed E-state index contributed by atoms with van der Waals surface area (Å²) in [4.78, 5) is 31.1. The van der Waals surface area contributed by atoms with Crippen LogP contribution < -0.4 is 10.2 Å². The van der Waals surface area contributed by atoms with Crippen LogP contribution in [0.2, 0.25) is 0 Å². The summed E-state index contributed by atoms with van der Waals surface area (Å²) in [6, 6.07) is 28.8. The van der Waals surface area contributed by atoms with E-state index in [2.05, 4.69) is 29.1 Å². The van der Waals surface area contributed by atoms with Gasteiger partial charge in [0.15, 0.2) is 0 Å². The van der Waals surface area contributed by atoms with Gasteiger partial charge in [0.25, 0.3) is 11.7 Å². The lowest BCUT2D eigenvalue weighted by Gasteiger charge is -2.26. The maximum Gasteiger partial charge on any atom is 0.298 e. The summed E-state index contributed by atoms with van der Waals surface area (Å²) in [5.41, 5.74) is 4.44. The first-order valence-corrected chi connectivity index (χ1v) is 13.1. The summed E-state index contributed by atoms with van der Waals surface area (Å²) >= 11 is 0. The zero-order valence-electron chi connectivity index (χ0n) is 22.2. The van der Waals surface area contributed by atoms with Gasteiger partial charge in [-0.1, -0.05) is 36.4 Å². The van der Waals surface area contributed by atoms with Crippen LogP contribution in [0.1, 0.15) is 23.2 Å². The van der Waals surface area contributed by atoms with Gasteiger partial charge in [-0.25, -0.2) is 0 Å². The van der Waals surface area contributed by atoms with E-state index in [0.29, 0.717) is 11.4 Å². The third kappa shape index (κ3) is 5.94. The molecule has 5 rings (SSSR count). The predicted molar refractivity (Wildman–Crippen MR) is 155 cm³/mol. The SMILES string of the molecule is CCN(CCN(C)Cc1ccco1)c1ccc(NC(=O)C(=O)c2c(-c3ccccc3)cc3ccccn23)cc1. The number of furan rings is 1. The van der Waals surface area contributed by atoms with E-state index in [9.17, 15) is 9.59 Å². The Hall–Kier alpha value is -4.62. The average Bonchev–Trinajstić information content (AvgIpc) is 3.62. The molecule has 0 bridgehead atoms. The highest BCUT2D eigenvalue weighted by Crippen LogP contribution is 2.28. The number of hydrogen-bond acceptors (Lipinski definition) is 5. The first kappa shape index (κ1) is 26.0. The zero-order chi connectivity index (χ0) is 27.2. The molecule has 7 nitrogen and oxygen atoms in total. The van der Waals surface area contributed by atoms with Gasteiger partial charge in [0.2, 0.25) is 0 Å². The van der Waals surface area contributed by atoms with Crippen molar-refractivity contribution in [2.45, 2.75) is 13.5 Å². The molecule has 198 valence electrons. The Morgan fingerprint density at radius 3 is 2.38 bits per heavy atom. The molecule has 0 spiro atoms. The quantitative estimate of drug-likeness (QED) is 0.171. The van der Waals surface area contributed by atoms with E-state index in [1.165, 1.54) is 0 Å². The third-order valence-electron chi connectivity index (χ3n) is 6.82. The molecule has 2 aromatic carbocycles. The second-order valence-corrected chi connectivity index (χ2v) is 9.50. The van der Waals surface area contributed by atoms with Gasteiger partial charge in [-0.3, -0.25) is 14.5 Å². The van der Waals surface area contributed by atoms with Crippen LogP contribution in [0.5, 0.6) is 0 Å². The number of rotatable bonds is 11. The maximum absolute atomic E-state index is 13.5. The summed E-state index contributed by atoms with van der Waals surface area (Å²) in [6.45, 7) is 5.44. The van der Waals surface area contributed by atoms with E-state index in [1.54, 1.807) is 10.7 Å². The molecule has 3 heterocycles. The van der Waals surface area contributed by atoms with Crippen LogP contribution >= 0.6 is 0 Å². The van der Waals surface area contributed by atoms with Crippen molar-refractivity contribution in [1.82, 2.24) is 9.30 Å². The number of aromatic nitrogens is 1. The Balaban J connectivity index is 1.27. The summed E-state index contributed by atoms with van der Waals surface area (Å²) in [6.07, 6.45) is 3.50. The standard InChI is InChI=1S/C32H32N4O3/c1-3-35(20-19-34(2)23-28-13-9-21-39-28)26-16-14-25(15-17-26)33-32(38)31(37)30-29(24-10-5-4-6-11-24)22-27-12-7-8-18-36(27)30/h4-18,21-22H,3,19-20,23H2,1-2H3,(H,33,38). The van der Waals surface area contributed by atoms with Crippen LogP contribution in [-0.4, -0.2) is 47.7 Å². The first-order chi connectivity index (χ1) is 19.0. The van der Waals surface area contributed by atoms with Gasteiger partial charge in [-0.2, -0.15) is 0 Å². The van der Waals surface area contributed by atoms with Crippen molar-refractivity contribution in [2.24, 2.45) is 0 Å². The van der Waals surface area contributed by atoms with Crippen molar-refractivity contribution in [3.63, 3.8) is 0 Å². The number of benzene rings is 2. The van der Waals surface area contributed by atoms with Gasteiger partial charge in [-0.05, 0) is 74.1 Å². The van der Waals surface area contributed by atoms with E-state index in [4.69, 9.17) is 4.42 Å². The number of nitrogens with one attached hydrogen (secondary N) is 1. The highest BCUT2D eigenvalue weighted by atomic mass is 16.3. The highest BCUT2D eigenvalue weighted by molar-refractivity contribution is 6.47. The summed E-state index contributed by atoms with van der Waals surface area (Å²) in [5.74, 6) is -0.311. The molecule has 0 unspecified atom stereocenters. The smallest absolute Gasteiger partial charge is 0.298 e. The molecule has 1 N–H and O–H groups in total. The fraction of sp³-hybridized carbons (Fsp3) is 0.188. The fourth-order valence-corrected chi connectivity index (χ4v) is 4.75. The Labute approximate surface area is 228 Å². The third-order valence-corrected chi connectivity index (χ3v) is 6.82. The van der Waals surface area contributed by atoms with Crippen LogP contribution in [-0.2, 0) is 11.3 Å². The molecule has 0 saturated carbocycles. The minimum absolute atomic E-state index is 0.349. The van der Waals surface area contributed by atoms with E-state index in [0.717, 1.165) is 54.3 Å². The number of ketones is 1. The molecule has 0 aliphatic heterocycles. The molecule has 0 aliphatic carbocycles. The Bertz CT molecular complexity index is 1540. The molecule has 39 heavy (non-hydrogen) atoms. The number of carbonyl (C=O) groups is 2. The number of anilines is 2. The first-order valence-electron chi connectivity index (χ1n) is 13.1. The van der Waals surface area contributed by atoms with Crippen molar-refractivity contribution in [3.8, 4) is 11.1 Å². The molecule has 7 heteroatoms. The van der Waals surface area contributed by atoms with Gasteiger partial charge in [0.05, 0.1) is 12.8 Å². The van der Waals surface area contributed by atoms with Crippen molar-refractivity contribution >= 4 is 28.6 Å². The van der Waals surface area contributed by atoms with Crippen LogP contribution in [0.15, 0.2) is 108 Å². The van der Waals surface area contributed by atoms with Gasteiger partial charge < -0.3 is 19.0 Å². The number of amides is 1. The van der Waals surface area contributed by atoms with Crippen LogP contribution in [0, 0.1) is 0 Å².